The molecule has 2 heterocycles. The number of aromatic carboxylic acids is 1. The van der Waals surface area contributed by atoms with Crippen molar-refractivity contribution in [2.75, 3.05) is 0 Å². The van der Waals surface area contributed by atoms with Gasteiger partial charge in [0.05, 0.1) is 5.56 Å². The summed E-state index contributed by atoms with van der Waals surface area (Å²) in [6.45, 7) is 0. The van der Waals surface area contributed by atoms with Crippen molar-refractivity contribution in [1.82, 2.24) is 4.98 Å². The second-order valence-corrected chi connectivity index (χ2v) is 6.15. The van der Waals surface area contributed by atoms with Crippen LogP contribution in [0.2, 0.25) is 0 Å². The maximum absolute atomic E-state index is 12.5. The Labute approximate surface area is 151 Å². The summed E-state index contributed by atoms with van der Waals surface area (Å²) in [7, 11) is 0. The highest BCUT2D eigenvalue weighted by molar-refractivity contribution is 6.06. The van der Waals surface area contributed by atoms with Gasteiger partial charge in [-0.25, -0.2) is 14.6 Å². The lowest BCUT2D eigenvalue weighted by Gasteiger charge is -2.03. The Bertz CT molecular complexity index is 1430. The molecule has 0 saturated carbocycles. The maximum atomic E-state index is 12.5. The molecule has 0 aliphatic rings. The van der Waals surface area contributed by atoms with E-state index in [1.165, 1.54) is 18.2 Å². The van der Waals surface area contributed by atoms with Gasteiger partial charge < -0.3 is 13.9 Å². The lowest BCUT2D eigenvalue weighted by Crippen LogP contribution is -2.02. The fraction of sp³-hybridized carbons (Fsp3) is 0. The lowest BCUT2D eigenvalue weighted by atomic mass is 10.0. The monoisotopic (exact) mass is 357 g/mol. The van der Waals surface area contributed by atoms with Gasteiger partial charge in [0.2, 0.25) is 5.89 Å². The van der Waals surface area contributed by atoms with Gasteiger partial charge in [-0.2, -0.15) is 0 Å². The van der Waals surface area contributed by atoms with Gasteiger partial charge in [-0.1, -0.05) is 30.3 Å². The number of benzene rings is 3. The minimum absolute atomic E-state index is 0.0936. The summed E-state index contributed by atoms with van der Waals surface area (Å²) in [5.41, 5.74) is 0.954. The summed E-state index contributed by atoms with van der Waals surface area (Å²) in [4.78, 5) is 27.9. The van der Waals surface area contributed by atoms with Crippen molar-refractivity contribution in [2.45, 2.75) is 0 Å². The molecule has 5 rings (SSSR count). The quantitative estimate of drug-likeness (QED) is 0.370. The molecule has 0 spiro atoms. The predicted molar refractivity (Wildman–Crippen MR) is 100.0 cm³/mol. The van der Waals surface area contributed by atoms with E-state index < -0.39 is 11.6 Å². The van der Waals surface area contributed by atoms with Crippen molar-refractivity contribution in [3.8, 4) is 11.5 Å². The van der Waals surface area contributed by atoms with E-state index in [0.29, 0.717) is 16.7 Å². The summed E-state index contributed by atoms with van der Waals surface area (Å²) in [5, 5.41) is 11.9. The van der Waals surface area contributed by atoms with Crippen LogP contribution < -0.4 is 5.63 Å². The molecule has 0 unspecified atom stereocenters. The molecule has 0 atom stereocenters. The Balaban J connectivity index is 1.78. The number of hydrogen-bond acceptors (Lipinski definition) is 5. The summed E-state index contributed by atoms with van der Waals surface area (Å²) in [6.07, 6.45) is 0. The Morgan fingerprint density at radius 3 is 2.56 bits per heavy atom. The highest BCUT2D eigenvalue weighted by Gasteiger charge is 2.16. The first-order valence-corrected chi connectivity index (χ1v) is 8.20. The van der Waals surface area contributed by atoms with Crippen LogP contribution in [0.3, 0.4) is 0 Å². The molecule has 6 nitrogen and oxygen atoms in total. The molecule has 27 heavy (non-hydrogen) atoms. The third-order valence-corrected chi connectivity index (χ3v) is 4.51. The molecule has 1 N–H and O–H groups in total. The summed E-state index contributed by atoms with van der Waals surface area (Å²) in [6, 6.07) is 17.5. The molecule has 0 fully saturated rings. The molecule has 0 aliphatic carbocycles. The van der Waals surface area contributed by atoms with Crippen LogP contribution in [0.25, 0.3) is 44.3 Å². The number of fused-ring (bicyclic) bond motifs is 4. The third-order valence-electron chi connectivity index (χ3n) is 4.51. The zero-order chi connectivity index (χ0) is 18.5. The molecule has 130 valence electrons. The maximum Gasteiger partial charge on any atom is 0.349 e. The molecule has 2 aromatic heterocycles. The second kappa shape index (κ2) is 5.54. The number of hydrogen-bond donors (Lipinski definition) is 1. The Kier molecular flexibility index (Phi) is 3.14. The number of oxazole rings is 1. The molecule has 5 aromatic rings. The average Bonchev–Trinajstić information content (AvgIpc) is 3.10. The molecule has 0 radical (unpaired) electrons. The van der Waals surface area contributed by atoms with Crippen LogP contribution in [0.4, 0.5) is 0 Å². The van der Waals surface area contributed by atoms with E-state index in [-0.39, 0.29) is 17.0 Å². The summed E-state index contributed by atoms with van der Waals surface area (Å²) < 4.78 is 11.1. The summed E-state index contributed by atoms with van der Waals surface area (Å²) in [5.74, 6) is -0.964. The van der Waals surface area contributed by atoms with Crippen LogP contribution in [-0.2, 0) is 0 Å². The zero-order valence-electron chi connectivity index (χ0n) is 13.8. The van der Waals surface area contributed by atoms with E-state index in [9.17, 15) is 9.59 Å². The first-order chi connectivity index (χ1) is 13.1. The van der Waals surface area contributed by atoms with Gasteiger partial charge in [0, 0.05) is 5.39 Å². The van der Waals surface area contributed by atoms with E-state index in [0.717, 1.165) is 16.2 Å². The number of carboxylic acid groups (broad SMARTS) is 1. The molecular weight excluding hydrogens is 346 g/mol. The highest BCUT2D eigenvalue weighted by atomic mass is 16.4. The predicted octanol–water partition coefficient (Wildman–Crippen LogP) is 4.45. The first kappa shape index (κ1) is 15.3. The van der Waals surface area contributed by atoms with Crippen molar-refractivity contribution < 1.29 is 18.7 Å². The van der Waals surface area contributed by atoms with E-state index in [1.54, 1.807) is 12.1 Å². The van der Waals surface area contributed by atoms with Crippen molar-refractivity contribution >= 4 is 38.8 Å². The molecule has 3 aromatic carbocycles. The Hall–Kier alpha value is -3.93. The van der Waals surface area contributed by atoms with E-state index in [4.69, 9.17) is 13.9 Å². The number of carboxylic acids is 1. The van der Waals surface area contributed by atoms with Gasteiger partial charge in [-0.05, 0) is 41.1 Å². The largest absolute Gasteiger partial charge is 0.478 e. The fourth-order valence-corrected chi connectivity index (χ4v) is 3.20. The molecule has 0 amide bonds. The highest BCUT2D eigenvalue weighted by Crippen LogP contribution is 2.29. The SMILES string of the molecule is O=C(O)c1ccc2oc(-c3cc4c(ccc5ccccc54)oc3=O)nc2c1. The van der Waals surface area contributed by atoms with Crippen molar-refractivity contribution in [3.05, 3.63) is 76.6 Å². The topological polar surface area (TPSA) is 93.5 Å². The first-order valence-electron chi connectivity index (χ1n) is 8.20. The second-order valence-electron chi connectivity index (χ2n) is 6.15. The standard InChI is InChI=1S/C21H11NO5/c23-20(24)12-6-8-18-16(9-12)22-19(26-18)15-10-14-13-4-2-1-3-11(13)5-7-17(14)27-21(15)25/h1-10H,(H,23,24). The number of rotatable bonds is 2. The lowest BCUT2D eigenvalue weighted by molar-refractivity contribution is 0.0697. The minimum atomic E-state index is -1.06. The molecule has 0 aliphatic heterocycles. The van der Waals surface area contributed by atoms with Crippen LogP contribution in [0.15, 0.2) is 74.3 Å². The Morgan fingerprint density at radius 1 is 0.889 bits per heavy atom. The van der Waals surface area contributed by atoms with Gasteiger partial charge in [-0.3, -0.25) is 0 Å². The van der Waals surface area contributed by atoms with Gasteiger partial charge in [0.15, 0.2) is 5.58 Å². The zero-order valence-corrected chi connectivity index (χ0v) is 13.8. The molecule has 6 heteroatoms. The van der Waals surface area contributed by atoms with Crippen LogP contribution >= 0.6 is 0 Å². The Morgan fingerprint density at radius 2 is 1.70 bits per heavy atom. The molecular formula is C21H11NO5. The van der Waals surface area contributed by atoms with Crippen LogP contribution in [0, 0.1) is 0 Å². The molecule has 0 saturated heterocycles. The normalized spacial score (nSPS) is 11.4. The third kappa shape index (κ3) is 2.38. The average molecular weight is 357 g/mol. The molecule has 0 bridgehead atoms. The minimum Gasteiger partial charge on any atom is -0.478 e. The van der Waals surface area contributed by atoms with E-state index in [1.807, 2.05) is 30.3 Å². The summed E-state index contributed by atoms with van der Waals surface area (Å²) >= 11 is 0. The number of carbonyl (C=O) groups is 1. The van der Waals surface area contributed by atoms with Crippen molar-refractivity contribution in [2.24, 2.45) is 0 Å². The number of aromatic nitrogens is 1. The van der Waals surface area contributed by atoms with Gasteiger partial charge in [0.25, 0.3) is 0 Å². The fourth-order valence-electron chi connectivity index (χ4n) is 3.20. The smallest absolute Gasteiger partial charge is 0.349 e. The van der Waals surface area contributed by atoms with Gasteiger partial charge in [0.1, 0.15) is 16.7 Å². The van der Waals surface area contributed by atoms with Crippen LogP contribution in [0.5, 0.6) is 0 Å². The van der Waals surface area contributed by atoms with Crippen molar-refractivity contribution in [3.63, 3.8) is 0 Å². The van der Waals surface area contributed by atoms with E-state index >= 15 is 0 Å². The van der Waals surface area contributed by atoms with E-state index in [2.05, 4.69) is 4.98 Å². The van der Waals surface area contributed by atoms with Crippen LogP contribution in [0.1, 0.15) is 10.4 Å². The van der Waals surface area contributed by atoms with Gasteiger partial charge in [-0.15, -0.1) is 0 Å². The van der Waals surface area contributed by atoms with Crippen molar-refractivity contribution in [1.29, 1.82) is 0 Å². The van der Waals surface area contributed by atoms with Crippen LogP contribution in [-0.4, -0.2) is 16.1 Å². The number of nitrogens with zero attached hydrogens (tertiary/aromatic N) is 1. The van der Waals surface area contributed by atoms with Gasteiger partial charge >= 0.3 is 11.6 Å².